The number of esters is 1. The Balaban J connectivity index is 1.75. The molecule has 124 valence electrons. The summed E-state index contributed by atoms with van der Waals surface area (Å²) in [5, 5.41) is 4.29. The fourth-order valence-electron chi connectivity index (χ4n) is 2.33. The number of carbonyl (C=O) groups is 1. The van der Waals surface area contributed by atoms with Gasteiger partial charge in [0.05, 0.1) is 7.11 Å². The normalized spacial score (nSPS) is 10.6. The van der Waals surface area contributed by atoms with Gasteiger partial charge in [-0.1, -0.05) is 12.1 Å². The predicted molar refractivity (Wildman–Crippen MR) is 84.6 cm³/mol. The molecule has 0 spiro atoms. The molecule has 6 nitrogen and oxygen atoms in total. The maximum Gasteiger partial charge on any atom is 0.358 e. The SMILES string of the molecule is COC(=O)c1c(OCc2ccn(-c3ccccc3F)n2)ccn1C. The van der Waals surface area contributed by atoms with Crippen molar-refractivity contribution < 1.29 is 18.7 Å². The fourth-order valence-corrected chi connectivity index (χ4v) is 2.33. The number of nitrogens with zero attached hydrogens (tertiary/aromatic N) is 3. The van der Waals surface area contributed by atoms with Gasteiger partial charge < -0.3 is 14.0 Å². The van der Waals surface area contributed by atoms with E-state index in [1.807, 2.05) is 0 Å². The van der Waals surface area contributed by atoms with Crippen molar-refractivity contribution >= 4 is 5.97 Å². The van der Waals surface area contributed by atoms with Gasteiger partial charge in [0.15, 0.2) is 11.4 Å². The van der Waals surface area contributed by atoms with Crippen LogP contribution < -0.4 is 4.74 Å². The summed E-state index contributed by atoms with van der Waals surface area (Å²) in [6.07, 6.45) is 3.36. The maximum absolute atomic E-state index is 13.8. The topological polar surface area (TPSA) is 58.3 Å². The van der Waals surface area contributed by atoms with Crippen LogP contribution in [-0.2, 0) is 18.4 Å². The summed E-state index contributed by atoms with van der Waals surface area (Å²) in [5.41, 5.74) is 1.29. The third kappa shape index (κ3) is 3.01. The highest BCUT2D eigenvalue weighted by atomic mass is 19.1. The Labute approximate surface area is 138 Å². The number of rotatable bonds is 5. The number of carbonyl (C=O) groups excluding carboxylic acids is 1. The van der Waals surface area contributed by atoms with E-state index in [4.69, 9.17) is 9.47 Å². The molecule has 0 aliphatic rings. The first kappa shape index (κ1) is 15.8. The van der Waals surface area contributed by atoms with E-state index in [0.717, 1.165) is 0 Å². The molecule has 3 aromatic rings. The predicted octanol–water partition coefficient (Wildman–Crippen LogP) is 2.72. The lowest BCUT2D eigenvalue weighted by Gasteiger charge is -2.07. The smallest absolute Gasteiger partial charge is 0.358 e. The number of para-hydroxylation sites is 1. The van der Waals surface area contributed by atoms with E-state index in [1.54, 1.807) is 54.3 Å². The van der Waals surface area contributed by atoms with Gasteiger partial charge in [-0.2, -0.15) is 5.10 Å². The zero-order valence-corrected chi connectivity index (χ0v) is 13.3. The standard InChI is InChI=1S/C17H16FN3O3/c1-20-9-8-15(16(20)17(22)23-2)24-11-12-7-10-21(19-12)14-6-4-3-5-13(14)18/h3-10H,11H2,1-2H3. The van der Waals surface area contributed by atoms with Gasteiger partial charge >= 0.3 is 5.97 Å². The lowest BCUT2D eigenvalue weighted by molar-refractivity contribution is 0.0584. The Bertz CT molecular complexity index is 870. The zero-order valence-electron chi connectivity index (χ0n) is 13.3. The van der Waals surface area contributed by atoms with Gasteiger partial charge in [-0.3, -0.25) is 0 Å². The van der Waals surface area contributed by atoms with E-state index in [-0.39, 0.29) is 12.4 Å². The quantitative estimate of drug-likeness (QED) is 0.675. The van der Waals surface area contributed by atoms with Crippen LogP contribution >= 0.6 is 0 Å². The second-order valence-corrected chi connectivity index (χ2v) is 5.12. The molecule has 3 rings (SSSR count). The number of aromatic nitrogens is 3. The molecule has 1 aromatic carbocycles. The van der Waals surface area contributed by atoms with Crippen LogP contribution in [0.1, 0.15) is 16.2 Å². The van der Waals surface area contributed by atoms with Crippen LogP contribution in [0.5, 0.6) is 5.75 Å². The Morgan fingerprint density at radius 3 is 2.75 bits per heavy atom. The first-order chi connectivity index (χ1) is 11.6. The van der Waals surface area contributed by atoms with Crippen molar-refractivity contribution in [2.75, 3.05) is 7.11 Å². The minimum Gasteiger partial charge on any atom is -0.485 e. The largest absolute Gasteiger partial charge is 0.485 e. The first-order valence-corrected chi connectivity index (χ1v) is 7.26. The van der Waals surface area contributed by atoms with Gasteiger partial charge in [0.25, 0.3) is 0 Å². The summed E-state index contributed by atoms with van der Waals surface area (Å²) in [6.45, 7) is 0.148. The molecule has 0 aliphatic carbocycles. The third-order valence-electron chi connectivity index (χ3n) is 3.53. The lowest BCUT2D eigenvalue weighted by atomic mass is 10.3. The number of aryl methyl sites for hydroxylation is 1. The van der Waals surface area contributed by atoms with Crippen molar-refractivity contribution in [2.45, 2.75) is 6.61 Å². The number of hydrogen-bond donors (Lipinski definition) is 0. The summed E-state index contributed by atoms with van der Waals surface area (Å²) in [6, 6.07) is 9.78. The van der Waals surface area contributed by atoms with Gasteiger partial charge in [-0.05, 0) is 24.3 Å². The van der Waals surface area contributed by atoms with Crippen molar-refractivity contribution in [1.82, 2.24) is 14.3 Å². The van der Waals surface area contributed by atoms with Crippen LogP contribution in [0.4, 0.5) is 4.39 Å². The molecule has 7 heteroatoms. The highest BCUT2D eigenvalue weighted by molar-refractivity contribution is 5.90. The molecular formula is C17H16FN3O3. The van der Waals surface area contributed by atoms with Crippen LogP contribution in [0.3, 0.4) is 0 Å². The molecule has 24 heavy (non-hydrogen) atoms. The number of halogens is 1. The molecule has 0 saturated heterocycles. The van der Waals surface area contributed by atoms with Crippen LogP contribution in [0.25, 0.3) is 5.69 Å². The van der Waals surface area contributed by atoms with E-state index in [2.05, 4.69) is 5.10 Å². The monoisotopic (exact) mass is 329 g/mol. The average molecular weight is 329 g/mol. The second-order valence-electron chi connectivity index (χ2n) is 5.12. The molecule has 0 aliphatic heterocycles. The highest BCUT2D eigenvalue weighted by Crippen LogP contribution is 2.21. The van der Waals surface area contributed by atoms with Crippen molar-refractivity contribution in [1.29, 1.82) is 0 Å². The summed E-state index contributed by atoms with van der Waals surface area (Å²) in [5.74, 6) is -0.428. The minimum atomic E-state index is -0.477. The number of methoxy groups -OCH3 is 1. The van der Waals surface area contributed by atoms with Crippen molar-refractivity contribution in [3.63, 3.8) is 0 Å². The minimum absolute atomic E-state index is 0.148. The summed E-state index contributed by atoms with van der Waals surface area (Å²) < 4.78 is 27.2. The van der Waals surface area contributed by atoms with E-state index in [0.29, 0.717) is 22.8 Å². The van der Waals surface area contributed by atoms with Gasteiger partial charge in [0.1, 0.15) is 23.8 Å². The van der Waals surface area contributed by atoms with Crippen molar-refractivity contribution in [3.8, 4) is 11.4 Å². The van der Waals surface area contributed by atoms with Gasteiger partial charge in [-0.25, -0.2) is 13.9 Å². The highest BCUT2D eigenvalue weighted by Gasteiger charge is 2.17. The number of benzene rings is 1. The van der Waals surface area contributed by atoms with Crippen LogP contribution in [0.15, 0.2) is 48.8 Å². The van der Waals surface area contributed by atoms with Crippen LogP contribution in [0.2, 0.25) is 0 Å². The van der Waals surface area contributed by atoms with E-state index < -0.39 is 5.97 Å². The molecule has 0 bridgehead atoms. The zero-order chi connectivity index (χ0) is 17.1. The Morgan fingerprint density at radius 2 is 2.00 bits per heavy atom. The number of ether oxygens (including phenoxy) is 2. The Hall–Kier alpha value is -3.09. The fraction of sp³-hybridized carbons (Fsp3) is 0.176. The van der Waals surface area contributed by atoms with Crippen LogP contribution in [0, 0.1) is 5.82 Å². The molecule has 0 atom stereocenters. The molecule has 2 heterocycles. The molecular weight excluding hydrogens is 313 g/mol. The lowest BCUT2D eigenvalue weighted by Crippen LogP contribution is -2.09. The molecule has 0 fully saturated rings. The Morgan fingerprint density at radius 1 is 1.21 bits per heavy atom. The molecule has 0 amide bonds. The number of hydrogen-bond acceptors (Lipinski definition) is 4. The van der Waals surface area contributed by atoms with E-state index >= 15 is 0 Å². The average Bonchev–Trinajstić information content (AvgIpc) is 3.19. The van der Waals surface area contributed by atoms with Gasteiger partial charge in [0.2, 0.25) is 0 Å². The van der Waals surface area contributed by atoms with Gasteiger partial charge in [-0.15, -0.1) is 0 Å². The molecule has 0 unspecified atom stereocenters. The van der Waals surface area contributed by atoms with Crippen LogP contribution in [-0.4, -0.2) is 27.4 Å². The molecule has 0 N–H and O–H groups in total. The summed E-state index contributed by atoms with van der Waals surface area (Å²) in [7, 11) is 3.04. The summed E-state index contributed by atoms with van der Waals surface area (Å²) >= 11 is 0. The van der Waals surface area contributed by atoms with Crippen molar-refractivity contribution in [2.24, 2.45) is 7.05 Å². The van der Waals surface area contributed by atoms with E-state index in [1.165, 1.54) is 17.9 Å². The van der Waals surface area contributed by atoms with Gasteiger partial charge in [0, 0.05) is 19.4 Å². The maximum atomic E-state index is 13.8. The van der Waals surface area contributed by atoms with Crippen molar-refractivity contribution in [3.05, 3.63) is 66.0 Å². The third-order valence-corrected chi connectivity index (χ3v) is 3.53. The first-order valence-electron chi connectivity index (χ1n) is 7.26. The molecule has 2 aromatic heterocycles. The Kier molecular flexibility index (Phi) is 4.33. The summed E-state index contributed by atoms with van der Waals surface area (Å²) in [4.78, 5) is 11.8. The second kappa shape index (κ2) is 6.57. The van der Waals surface area contributed by atoms with E-state index in [9.17, 15) is 9.18 Å². The molecule has 0 radical (unpaired) electrons. The molecule has 0 saturated carbocycles.